The molecule has 40 heavy (non-hydrogen) atoms. The molecular formula is C32H31N5O2S. The highest BCUT2D eigenvalue weighted by atomic mass is 32.2. The maximum absolute atomic E-state index is 13.5. The van der Waals surface area contributed by atoms with Crippen LogP contribution in [0.4, 0.5) is 11.8 Å². The number of nitrogens with zero attached hydrogens (tertiary/aromatic N) is 3. The zero-order chi connectivity index (χ0) is 27.4. The zero-order valence-electron chi connectivity index (χ0n) is 22.1. The summed E-state index contributed by atoms with van der Waals surface area (Å²) < 4.78 is 29.9. The Morgan fingerprint density at radius 1 is 0.775 bits per heavy atom. The summed E-state index contributed by atoms with van der Waals surface area (Å²) in [5.74, 6) is 0.771. The number of aromatic nitrogens is 2. The summed E-state index contributed by atoms with van der Waals surface area (Å²) in [6, 6.07) is 33.4. The fourth-order valence-corrected chi connectivity index (χ4v) is 6.18. The first-order valence-corrected chi connectivity index (χ1v) is 15.0. The van der Waals surface area contributed by atoms with Gasteiger partial charge in [0.1, 0.15) is 5.82 Å². The maximum atomic E-state index is 13.5. The van der Waals surface area contributed by atoms with Crippen LogP contribution in [-0.4, -0.2) is 36.4 Å². The molecular weight excluding hydrogens is 518 g/mol. The van der Waals surface area contributed by atoms with Crippen molar-refractivity contribution in [3.63, 3.8) is 0 Å². The van der Waals surface area contributed by atoms with Crippen LogP contribution < -0.4 is 10.0 Å². The van der Waals surface area contributed by atoms with E-state index in [-0.39, 0.29) is 4.90 Å². The van der Waals surface area contributed by atoms with Gasteiger partial charge in [0.2, 0.25) is 5.95 Å². The Morgan fingerprint density at radius 2 is 1.48 bits per heavy atom. The van der Waals surface area contributed by atoms with Gasteiger partial charge >= 0.3 is 0 Å². The van der Waals surface area contributed by atoms with Crippen molar-refractivity contribution in [1.82, 2.24) is 14.9 Å². The van der Waals surface area contributed by atoms with Crippen LogP contribution in [0.25, 0.3) is 10.8 Å². The minimum absolute atomic E-state index is 0.207. The number of fused-ring (bicyclic) bond motifs is 2. The van der Waals surface area contributed by atoms with E-state index in [4.69, 9.17) is 4.98 Å². The predicted octanol–water partition coefficient (Wildman–Crippen LogP) is 5.64. The van der Waals surface area contributed by atoms with Crippen LogP contribution in [0.2, 0.25) is 0 Å². The summed E-state index contributed by atoms with van der Waals surface area (Å²) in [5, 5.41) is 5.18. The van der Waals surface area contributed by atoms with Gasteiger partial charge in [-0.3, -0.25) is 9.62 Å². The van der Waals surface area contributed by atoms with Gasteiger partial charge < -0.3 is 5.32 Å². The average Bonchev–Trinajstić information content (AvgIpc) is 2.98. The molecule has 8 heteroatoms. The molecule has 0 saturated carbocycles. The summed E-state index contributed by atoms with van der Waals surface area (Å²) >= 11 is 0. The zero-order valence-corrected chi connectivity index (χ0v) is 22.9. The fourth-order valence-electron chi connectivity index (χ4n) is 5.11. The number of hydrogen-bond donors (Lipinski definition) is 2. The van der Waals surface area contributed by atoms with Gasteiger partial charge in [-0.15, -0.1) is 0 Å². The minimum atomic E-state index is -3.86. The van der Waals surface area contributed by atoms with E-state index in [1.54, 1.807) is 12.1 Å². The molecule has 1 aliphatic rings. The molecule has 0 atom stereocenters. The van der Waals surface area contributed by atoms with Crippen molar-refractivity contribution in [1.29, 1.82) is 0 Å². The number of sulfonamides is 1. The predicted molar refractivity (Wildman–Crippen MR) is 160 cm³/mol. The Balaban J connectivity index is 1.28. The first-order valence-electron chi connectivity index (χ1n) is 13.5. The van der Waals surface area contributed by atoms with E-state index in [1.165, 1.54) is 11.1 Å². The molecule has 5 aromatic rings. The molecule has 0 fully saturated rings. The summed E-state index contributed by atoms with van der Waals surface area (Å²) in [6.07, 6.45) is 1.46. The molecule has 7 nitrogen and oxygen atoms in total. The largest absolute Gasteiger partial charge is 0.354 e. The van der Waals surface area contributed by atoms with E-state index in [0.717, 1.165) is 41.5 Å². The molecule has 1 aromatic heterocycles. The van der Waals surface area contributed by atoms with E-state index in [9.17, 15) is 8.42 Å². The van der Waals surface area contributed by atoms with Crippen molar-refractivity contribution in [3.8, 4) is 0 Å². The van der Waals surface area contributed by atoms with Crippen molar-refractivity contribution >= 4 is 32.6 Å². The Morgan fingerprint density at radius 3 is 2.25 bits per heavy atom. The van der Waals surface area contributed by atoms with Gasteiger partial charge in [0.15, 0.2) is 0 Å². The molecule has 202 valence electrons. The summed E-state index contributed by atoms with van der Waals surface area (Å²) in [7, 11) is -3.86. The molecule has 0 spiro atoms. The number of hydrogen-bond acceptors (Lipinski definition) is 6. The molecule has 4 aromatic carbocycles. The molecule has 0 bridgehead atoms. The second-order valence-corrected chi connectivity index (χ2v) is 11.7. The van der Waals surface area contributed by atoms with Gasteiger partial charge in [0.25, 0.3) is 10.0 Å². The van der Waals surface area contributed by atoms with Crippen molar-refractivity contribution in [2.75, 3.05) is 23.1 Å². The second kappa shape index (κ2) is 11.5. The second-order valence-electron chi connectivity index (χ2n) is 10.0. The third-order valence-corrected chi connectivity index (χ3v) is 8.53. The van der Waals surface area contributed by atoms with Crippen LogP contribution in [0.1, 0.15) is 22.4 Å². The number of nitrogens with one attached hydrogen (secondary N) is 2. The number of anilines is 2. The van der Waals surface area contributed by atoms with Gasteiger partial charge in [-0.1, -0.05) is 91.0 Å². The number of rotatable bonds is 9. The summed E-state index contributed by atoms with van der Waals surface area (Å²) in [6.45, 7) is 2.84. The van der Waals surface area contributed by atoms with Crippen LogP contribution >= 0.6 is 0 Å². The number of benzene rings is 4. The van der Waals surface area contributed by atoms with Crippen LogP contribution in [0, 0.1) is 0 Å². The lowest BCUT2D eigenvalue weighted by atomic mass is 10.0. The van der Waals surface area contributed by atoms with E-state index >= 15 is 0 Å². The van der Waals surface area contributed by atoms with Crippen molar-refractivity contribution in [2.45, 2.75) is 30.8 Å². The Kier molecular flexibility index (Phi) is 7.44. The lowest BCUT2D eigenvalue weighted by Crippen LogP contribution is -2.32. The molecule has 2 N–H and O–H groups in total. The van der Waals surface area contributed by atoms with Crippen LogP contribution in [0.15, 0.2) is 108 Å². The lowest BCUT2D eigenvalue weighted by molar-refractivity contribution is 0.241. The van der Waals surface area contributed by atoms with Crippen molar-refractivity contribution < 1.29 is 8.42 Å². The SMILES string of the molecule is O=S(=O)(Nc1nc(NCCc2ccccc2)nc2c1CCN(Cc1ccccc1)C2)c1ccc2ccccc2c1. The highest BCUT2D eigenvalue weighted by molar-refractivity contribution is 7.92. The van der Waals surface area contributed by atoms with Crippen molar-refractivity contribution in [3.05, 3.63) is 126 Å². The summed E-state index contributed by atoms with van der Waals surface area (Å²) in [5.41, 5.74) is 4.13. The lowest BCUT2D eigenvalue weighted by Gasteiger charge is -2.29. The Bertz CT molecular complexity index is 1730. The smallest absolute Gasteiger partial charge is 0.263 e. The minimum Gasteiger partial charge on any atom is -0.354 e. The maximum Gasteiger partial charge on any atom is 0.263 e. The van der Waals surface area contributed by atoms with E-state index in [0.29, 0.717) is 31.3 Å². The fraction of sp³-hybridized carbons (Fsp3) is 0.188. The highest BCUT2D eigenvalue weighted by Gasteiger charge is 2.25. The first-order chi connectivity index (χ1) is 19.5. The summed E-state index contributed by atoms with van der Waals surface area (Å²) in [4.78, 5) is 12.1. The first kappa shape index (κ1) is 26.0. The van der Waals surface area contributed by atoms with Gasteiger partial charge in [0.05, 0.1) is 10.6 Å². The Labute approximate surface area is 235 Å². The van der Waals surface area contributed by atoms with Crippen molar-refractivity contribution in [2.24, 2.45) is 0 Å². The van der Waals surface area contributed by atoms with Crippen LogP contribution in [0.5, 0.6) is 0 Å². The highest BCUT2D eigenvalue weighted by Crippen LogP contribution is 2.29. The van der Waals surface area contributed by atoms with Gasteiger partial charge in [-0.05, 0) is 46.9 Å². The third-order valence-electron chi connectivity index (χ3n) is 7.20. The molecule has 2 heterocycles. The molecule has 6 rings (SSSR count). The van der Waals surface area contributed by atoms with Gasteiger partial charge in [-0.25, -0.2) is 13.4 Å². The molecule has 1 aliphatic heterocycles. The standard InChI is InChI=1S/C32H31N5O2S/c38-40(39,28-16-15-26-13-7-8-14-27(26)21-28)36-31-29-18-20-37(22-25-11-5-2-6-12-25)23-30(29)34-32(35-31)33-19-17-24-9-3-1-4-10-24/h1-16,21H,17-20,22-23H2,(H2,33,34,35,36). The molecule has 0 saturated heterocycles. The molecule has 0 amide bonds. The van der Waals surface area contributed by atoms with Gasteiger partial charge in [0, 0.05) is 31.7 Å². The van der Waals surface area contributed by atoms with E-state index in [2.05, 4.69) is 44.2 Å². The normalized spacial score (nSPS) is 13.6. The van der Waals surface area contributed by atoms with Gasteiger partial charge in [-0.2, -0.15) is 4.98 Å². The molecule has 0 unspecified atom stereocenters. The monoisotopic (exact) mass is 549 g/mol. The third kappa shape index (κ3) is 5.98. The molecule has 0 aliphatic carbocycles. The van der Waals surface area contributed by atoms with Crippen LogP contribution in [-0.2, 0) is 36.0 Å². The van der Waals surface area contributed by atoms with E-state index in [1.807, 2.05) is 66.7 Å². The average molecular weight is 550 g/mol. The van der Waals surface area contributed by atoms with Crippen LogP contribution in [0.3, 0.4) is 0 Å². The quantitative estimate of drug-likeness (QED) is 0.247. The molecule has 0 radical (unpaired) electrons. The Hall–Kier alpha value is -4.27. The van der Waals surface area contributed by atoms with E-state index < -0.39 is 10.0 Å². The topological polar surface area (TPSA) is 87.2 Å².